The number of rotatable bonds is 12. The zero-order valence-corrected chi connectivity index (χ0v) is 21.4. The molecule has 3 aromatic rings. The normalized spacial score (nSPS) is 10.6. The summed E-state index contributed by atoms with van der Waals surface area (Å²) in [6.07, 6.45) is 2.57. The molecule has 0 fully saturated rings. The summed E-state index contributed by atoms with van der Waals surface area (Å²) >= 11 is 6.28. The number of likely N-dealkylation sites (N-methyl/N-ethyl adjacent to an activating group) is 1. The molecule has 13 heteroatoms. The first-order chi connectivity index (χ1) is 17.7. The van der Waals surface area contributed by atoms with Gasteiger partial charge >= 0.3 is 7.12 Å². The molecule has 0 radical (unpaired) electrons. The van der Waals surface area contributed by atoms with Crippen LogP contribution in [0.2, 0.25) is 5.02 Å². The minimum Gasteiger partial charge on any atom is -0.494 e. The molecule has 0 atom stereocenters. The van der Waals surface area contributed by atoms with Crippen LogP contribution in [0, 0.1) is 0 Å². The minimum absolute atomic E-state index is 0.186. The number of methoxy groups -OCH3 is 1. The summed E-state index contributed by atoms with van der Waals surface area (Å²) in [5.41, 5.74) is 1.71. The molecule has 0 aliphatic carbocycles. The van der Waals surface area contributed by atoms with Crippen molar-refractivity contribution in [3.8, 4) is 11.5 Å². The van der Waals surface area contributed by atoms with E-state index >= 15 is 0 Å². The maximum Gasteiger partial charge on any atom is 0.488 e. The molecule has 37 heavy (non-hydrogen) atoms. The van der Waals surface area contributed by atoms with E-state index in [2.05, 4.69) is 32.5 Å². The van der Waals surface area contributed by atoms with Gasteiger partial charge in [0.25, 0.3) is 0 Å². The largest absolute Gasteiger partial charge is 0.494 e. The average molecular weight is 527 g/mol. The Morgan fingerprint density at radius 1 is 1.19 bits per heavy atom. The number of hydrogen-bond acceptors (Lipinski definition) is 10. The van der Waals surface area contributed by atoms with Crippen LogP contribution in [0.4, 0.5) is 28.8 Å². The molecule has 5 N–H and O–H groups in total. The van der Waals surface area contributed by atoms with E-state index in [0.29, 0.717) is 47.2 Å². The number of aromatic nitrogens is 2. The minimum atomic E-state index is -1.61. The molecule has 1 heterocycles. The first kappa shape index (κ1) is 27.7. The SMILES string of the molecule is C=CC(=O)Nc1cc(Nc2ncc(Cl)c(Nc3cccc(B(O)O)c3)n2)c(OC)cc1OCCN(C)C. The molecule has 0 aliphatic rings. The third-order valence-electron chi connectivity index (χ3n) is 4.98. The van der Waals surface area contributed by atoms with E-state index in [1.54, 1.807) is 36.4 Å². The lowest BCUT2D eigenvalue weighted by Crippen LogP contribution is -2.29. The van der Waals surface area contributed by atoms with Crippen LogP contribution in [-0.4, -0.2) is 72.3 Å². The molecule has 1 aromatic heterocycles. The van der Waals surface area contributed by atoms with Crippen LogP contribution in [0.1, 0.15) is 0 Å². The third kappa shape index (κ3) is 7.82. The van der Waals surface area contributed by atoms with Crippen molar-refractivity contribution in [1.29, 1.82) is 0 Å². The van der Waals surface area contributed by atoms with Gasteiger partial charge in [0.2, 0.25) is 11.9 Å². The van der Waals surface area contributed by atoms with Crippen molar-refractivity contribution in [2.24, 2.45) is 0 Å². The van der Waals surface area contributed by atoms with Crippen LogP contribution < -0.4 is 30.9 Å². The van der Waals surface area contributed by atoms with Crippen molar-refractivity contribution in [3.63, 3.8) is 0 Å². The Morgan fingerprint density at radius 2 is 1.97 bits per heavy atom. The molecule has 2 aromatic carbocycles. The highest BCUT2D eigenvalue weighted by Gasteiger charge is 2.16. The molecule has 1 amide bonds. The number of carbonyl (C=O) groups is 1. The summed E-state index contributed by atoms with van der Waals surface area (Å²) in [6, 6.07) is 9.82. The summed E-state index contributed by atoms with van der Waals surface area (Å²) in [5, 5.41) is 27.9. The van der Waals surface area contributed by atoms with Gasteiger partial charge < -0.3 is 40.4 Å². The van der Waals surface area contributed by atoms with Crippen LogP contribution in [0.3, 0.4) is 0 Å². The van der Waals surface area contributed by atoms with Gasteiger partial charge in [0.15, 0.2) is 5.82 Å². The Labute approximate surface area is 220 Å². The van der Waals surface area contributed by atoms with Gasteiger partial charge in [0.1, 0.15) is 23.1 Å². The Balaban J connectivity index is 1.90. The van der Waals surface area contributed by atoms with Crippen LogP contribution in [-0.2, 0) is 4.79 Å². The van der Waals surface area contributed by atoms with Crippen LogP contribution in [0.5, 0.6) is 11.5 Å². The highest BCUT2D eigenvalue weighted by molar-refractivity contribution is 6.58. The summed E-state index contributed by atoms with van der Waals surface area (Å²) in [6.45, 7) is 4.56. The number of anilines is 5. The number of amides is 1. The topological polar surface area (TPSA) is 141 Å². The summed E-state index contributed by atoms with van der Waals surface area (Å²) in [7, 11) is 3.75. The van der Waals surface area contributed by atoms with Crippen molar-refractivity contribution in [2.75, 3.05) is 50.3 Å². The molecule has 3 rings (SSSR count). The number of halogens is 1. The predicted octanol–water partition coefficient (Wildman–Crippen LogP) is 2.37. The smallest absolute Gasteiger partial charge is 0.488 e. The molecular weight excluding hydrogens is 499 g/mol. The summed E-state index contributed by atoms with van der Waals surface area (Å²) in [5.74, 6) is 0.911. The van der Waals surface area contributed by atoms with E-state index in [1.807, 2.05) is 19.0 Å². The average Bonchev–Trinajstić information content (AvgIpc) is 2.87. The van der Waals surface area contributed by atoms with Gasteiger partial charge in [-0.15, -0.1) is 0 Å². The zero-order chi connectivity index (χ0) is 26.9. The zero-order valence-electron chi connectivity index (χ0n) is 20.7. The Bertz CT molecular complexity index is 1260. The highest BCUT2D eigenvalue weighted by Crippen LogP contribution is 2.38. The fourth-order valence-electron chi connectivity index (χ4n) is 3.12. The number of ether oxygens (including phenoxy) is 2. The molecule has 0 unspecified atom stereocenters. The Kier molecular flexibility index (Phi) is 9.69. The van der Waals surface area contributed by atoms with Crippen molar-refractivity contribution in [2.45, 2.75) is 0 Å². The van der Waals surface area contributed by atoms with Gasteiger partial charge in [0.05, 0.1) is 24.7 Å². The first-order valence-electron chi connectivity index (χ1n) is 11.2. The summed E-state index contributed by atoms with van der Waals surface area (Å²) < 4.78 is 11.4. The van der Waals surface area contributed by atoms with Crippen molar-refractivity contribution in [1.82, 2.24) is 14.9 Å². The second kappa shape index (κ2) is 12.9. The lowest BCUT2D eigenvalue weighted by Gasteiger charge is -2.18. The highest BCUT2D eigenvalue weighted by atomic mass is 35.5. The van der Waals surface area contributed by atoms with Crippen molar-refractivity contribution >= 4 is 58.9 Å². The predicted molar refractivity (Wildman–Crippen MR) is 146 cm³/mol. The van der Waals surface area contributed by atoms with E-state index < -0.39 is 13.0 Å². The summed E-state index contributed by atoms with van der Waals surface area (Å²) in [4.78, 5) is 22.7. The van der Waals surface area contributed by atoms with Gasteiger partial charge in [-0.1, -0.05) is 30.3 Å². The molecule has 0 aliphatic heterocycles. The van der Waals surface area contributed by atoms with Crippen molar-refractivity contribution < 1.29 is 24.3 Å². The quantitative estimate of drug-likeness (QED) is 0.176. The number of nitrogens with zero attached hydrogens (tertiary/aromatic N) is 3. The van der Waals surface area contributed by atoms with E-state index in [-0.39, 0.29) is 16.8 Å². The maximum absolute atomic E-state index is 12.0. The number of benzene rings is 2. The second-order valence-corrected chi connectivity index (χ2v) is 8.44. The van der Waals surface area contributed by atoms with Crippen LogP contribution in [0.25, 0.3) is 0 Å². The van der Waals surface area contributed by atoms with E-state index in [4.69, 9.17) is 21.1 Å². The van der Waals surface area contributed by atoms with E-state index in [0.717, 1.165) is 6.08 Å². The van der Waals surface area contributed by atoms with Crippen LogP contribution >= 0.6 is 11.6 Å². The molecule has 194 valence electrons. The van der Waals surface area contributed by atoms with Gasteiger partial charge in [-0.25, -0.2) is 4.98 Å². The van der Waals surface area contributed by atoms with Gasteiger partial charge in [-0.05, 0) is 43.8 Å². The molecule has 0 saturated carbocycles. The van der Waals surface area contributed by atoms with Gasteiger partial charge in [-0.3, -0.25) is 4.79 Å². The molecule has 0 spiro atoms. The van der Waals surface area contributed by atoms with Crippen LogP contribution in [0.15, 0.2) is 55.3 Å². The van der Waals surface area contributed by atoms with Crippen molar-refractivity contribution in [3.05, 3.63) is 60.3 Å². The monoisotopic (exact) mass is 526 g/mol. The number of carbonyl (C=O) groups excluding carboxylic acids is 1. The number of hydrogen-bond donors (Lipinski definition) is 5. The van der Waals surface area contributed by atoms with E-state index in [9.17, 15) is 14.8 Å². The lowest BCUT2D eigenvalue weighted by molar-refractivity contribution is -0.111. The lowest BCUT2D eigenvalue weighted by atomic mass is 9.80. The third-order valence-corrected chi connectivity index (χ3v) is 5.26. The van der Waals surface area contributed by atoms with Gasteiger partial charge in [0, 0.05) is 18.3 Å². The standard InChI is InChI=1S/C24H28BClN6O5/c1-5-22(33)29-19-12-18(20(36-4)13-21(19)37-10-9-32(2)3)30-24-27-14-17(26)23(31-24)28-16-8-6-7-15(11-16)25(34)35/h5-8,11-14,34-35H,1,9-10H2,2-4H3,(H,29,33)(H2,27,28,30,31). The first-order valence-corrected chi connectivity index (χ1v) is 11.5. The molecule has 11 nitrogen and oxygen atoms in total. The maximum atomic E-state index is 12.0. The Morgan fingerprint density at radius 3 is 2.65 bits per heavy atom. The Hall–Kier alpha value is -3.84. The number of nitrogens with one attached hydrogen (secondary N) is 3. The van der Waals surface area contributed by atoms with E-state index in [1.165, 1.54) is 13.3 Å². The fraction of sp³-hybridized carbons (Fsp3) is 0.208. The van der Waals surface area contributed by atoms with Gasteiger partial charge in [-0.2, -0.15) is 4.98 Å². The fourth-order valence-corrected chi connectivity index (χ4v) is 3.25. The molecular formula is C24H28BClN6O5. The second-order valence-electron chi connectivity index (χ2n) is 8.03. The molecule has 0 saturated heterocycles. The molecule has 0 bridgehead atoms.